The van der Waals surface area contributed by atoms with Gasteiger partial charge in [-0.05, 0) is 19.4 Å². The highest BCUT2D eigenvalue weighted by Crippen LogP contribution is 2.16. The van der Waals surface area contributed by atoms with Crippen molar-refractivity contribution in [1.29, 1.82) is 0 Å². The summed E-state index contributed by atoms with van der Waals surface area (Å²) in [5, 5.41) is 3.13. The van der Waals surface area contributed by atoms with Crippen molar-refractivity contribution in [2.75, 3.05) is 19.6 Å². The Bertz CT molecular complexity index is 292. The van der Waals surface area contributed by atoms with Crippen LogP contribution in [0.5, 0.6) is 0 Å². The van der Waals surface area contributed by atoms with Gasteiger partial charge in [-0.1, -0.05) is 0 Å². The number of hydrogen-bond donors (Lipinski definition) is 1. The molecule has 0 aromatic carbocycles. The van der Waals surface area contributed by atoms with Gasteiger partial charge in [-0.25, -0.2) is 0 Å². The number of amides is 1. The standard InChI is InChI=1S/C12H20N2O3/c1-9(15)14-7-4-10(5-8-14)17-12(16)11-3-2-6-13-11/h10-11,13H,2-8H2,1H3. The van der Waals surface area contributed by atoms with E-state index in [1.807, 2.05) is 0 Å². The highest BCUT2D eigenvalue weighted by Gasteiger charge is 2.28. The number of nitrogens with zero attached hydrogens (tertiary/aromatic N) is 1. The minimum Gasteiger partial charge on any atom is -0.461 e. The van der Waals surface area contributed by atoms with E-state index in [2.05, 4.69) is 5.32 Å². The lowest BCUT2D eigenvalue weighted by Gasteiger charge is -2.31. The summed E-state index contributed by atoms with van der Waals surface area (Å²) >= 11 is 0. The maximum absolute atomic E-state index is 11.8. The van der Waals surface area contributed by atoms with Gasteiger partial charge in [-0.15, -0.1) is 0 Å². The van der Waals surface area contributed by atoms with E-state index in [-0.39, 0.29) is 24.0 Å². The van der Waals surface area contributed by atoms with Crippen LogP contribution >= 0.6 is 0 Å². The van der Waals surface area contributed by atoms with Crippen molar-refractivity contribution in [2.24, 2.45) is 0 Å². The quantitative estimate of drug-likeness (QED) is 0.705. The number of rotatable bonds is 2. The number of likely N-dealkylation sites (tertiary alicyclic amines) is 1. The van der Waals surface area contributed by atoms with E-state index in [0.29, 0.717) is 13.1 Å². The normalized spacial score (nSPS) is 25.9. The van der Waals surface area contributed by atoms with Crippen molar-refractivity contribution in [3.05, 3.63) is 0 Å². The summed E-state index contributed by atoms with van der Waals surface area (Å²) in [6.45, 7) is 3.88. The van der Waals surface area contributed by atoms with Gasteiger partial charge in [0.05, 0.1) is 0 Å². The van der Waals surface area contributed by atoms with E-state index in [0.717, 1.165) is 32.2 Å². The van der Waals surface area contributed by atoms with Crippen molar-refractivity contribution in [3.8, 4) is 0 Å². The first-order chi connectivity index (χ1) is 8.16. The molecule has 2 aliphatic rings. The molecule has 5 heteroatoms. The molecule has 5 nitrogen and oxygen atoms in total. The summed E-state index contributed by atoms with van der Waals surface area (Å²) in [5.74, 6) is -0.0176. The fourth-order valence-corrected chi connectivity index (χ4v) is 2.42. The predicted octanol–water partition coefficient (Wildman–Crippen LogP) is 0.293. The second-order valence-corrected chi connectivity index (χ2v) is 4.79. The molecule has 2 aliphatic heterocycles. The summed E-state index contributed by atoms with van der Waals surface area (Å²) in [4.78, 5) is 24.7. The molecule has 17 heavy (non-hydrogen) atoms. The maximum atomic E-state index is 11.8. The molecule has 0 aliphatic carbocycles. The number of hydrogen-bond acceptors (Lipinski definition) is 4. The summed E-state index contributed by atoms with van der Waals surface area (Å²) in [7, 11) is 0. The Morgan fingerprint density at radius 1 is 1.24 bits per heavy atom. The van der Waals surface area contributed by atoms with E-state index in [9.17, 15) is 9.59 Å². The highest BCUT2D eigenvalue weighted by molar-refractivity contribution is 5.76. The van der Waals surface area contributed by atoms with Gasteiger partial charge in [0.15, 0.2) is 0 Å². The molecule has 1 amide bonds. The number of carbonyl (C=O) groups excluding carboxylic acids is 2. The van der Waals surface area contributed by atoms with Crippen LogP contribution in [0.3, 0.4) is 0 Å². The number of esters is 1. The second-order valence-electron chi connectivity index (χ2n) is 4.79. The molecular weight excluding hydrogens is 220 g/mol. The molecule has 0 radical (unpaired) electrons. The first kappa shape index (κ1) is 12.4. The van der Waals surface area contributed by atoms with Gasteiger partial charge in [0.25, 0.3) is 0 Å². The molecule has 2 saturated heterocycles. The van der Waals surface area contributed by atoms with Crippen LogP contribution in [0.2, 0.25) is 0 Å². The minimum absolute atomic E-state index is 0.0134. The summed E-state index contributed by atoms with van der Waals surface area (Å²) in [5.41, 5.74) is 0. The number of ether oxygens (including phenoxy) is 1. The van der Waals surface area contributed by atoms with Crippen molar-refractivity contribution in [3.63, 3.8) is 0 Å². The first-order valence-electron chi connectivity index (χ1n) is 6.36. The molecular formula is C12H20N2O3. The Balaban J connectivity index is 1.74. The van der Waals surface area contributed by atoms with Gasteiger partial charge in [0.1, 0.15) is 12.1 Å². The Labute approximate surface area is 101 Å². The fourth-order valence-electron chi connectivity index (χ4n) is 2.42. The molecule has 0 aromatic heterocycles. The van der Waals surface area contributed by atoms with E-state index >= 15 is 0 Å². The number of piperidine rings is 1. The number of nitrogens with one attached hydrogen (secondary N) is 1. The lowest BCUT2D eigenvalue weighted by atomic mass is 10.1. The largest absolute Gasteiger partial charge is 0.461 e. The van der Waals surface area contributed by atoms with Crippen LogP contribution in [0.25, 0.3) is 0 Å². The van der Waals surface area contributed by atoms with Gasteiger partial charge in [0, 0.05) is 32.9 Å². The van der Waals surface area contributed by atoms with Gasteiger partial charge in [0.2, 0.25) is 5.91 Å². The molecule has 0 aromatic rings. The van der Waals surface area contributed by atoms with Crippen LogP contribution in [-0.2, 0) is 14.3 Å². The summed E-state index contributed by atoms with van der Waals surface area (Å²) < 4.78 is 5.46. The van der Waals surface area contributed by atoms with Crippen molar-refractivity contribution in [2.45, 2.75) is 44.8 Å². The molecule has 2 rings (SSSR count). The first-order valence-corrected chi connectivity index (χ1v) is 6.36. The van der Waals surface area contributed by atoms with Crippen LogP contribution in [0, 0.1) is 0 Å². The third kappa shape index (κ3) is 3.19. The van der Waals surface area contributed by atoms with E-state index < -0.39 is 0 Å². The summed E-state index contributed by atoms with van der Waals surface area (Å²) in [6.07, 6.45) is 3.43. The Kier molecular flexibility index (Phi) is 3.99. The lowest BCUT2D eigenvalue weighted by molar-refractivity contribution is -0.154. The topological polar surface area (TPSA) is 58.6 Å². The lowest BCUT2D eigenvalue weighted by Crippen LogP contribution is -2.42. The third-order valence-electron chi connectivity index (χ3n) is 3.51. The van der Waals surface area contributed by atoms with Crippen LogP contribution < -0.4 is 5.32 Å². The average Bonchev–Trinajstić information content (AvgIpc) is 2.83. The van der Waals surface area contributed by atoms with Gasteiger partial charge >= 0.3 is 5.97 Å². The molecule has 1 N–H and O–H groups in total. The molecule has 96 valence electrons. The Morgan fingerprint density at radius 3 is 2.47 bits per heavy atom. The van der Waals surface area contributed by atoms with Crippen molar-refractivity contribution < 1.29 is 14.3 Å². The van der Waals surface area contributed by atoms with E-state index in [4.69, 9.17) is 4.74 Å². The highest BCUT2D eigenvalue weighted by atomic mass is 16.5. The van der Waals surface area contributed by atoms with Crippen molar-refractivity contribution in [1.82, 2.24) is 10.2 Å². The van der Waals surface area contributed by atoms with Crippen molar-refractivity contribution >= 4 is 11.9 Å². The minimum atomic E-state index is -0.122. The molecule has 0 spiro atoms. The molecule has 2 heterocycles. The monoisotopic (exact) mass is 240 g/mol. The zero-order valence-corrected chi connectivity index (χ0v) is 10.3. The van der Waals surface area contributed by atoms with Crippen LogP contribution in [-0.4, -0.2) is 48.6 Å². The van der Waals surface area contributed by atoms with Crippen LogP contribution in [0.15, 0.2) is 0 Å². The average molecular weight is 240 g/mol. The predicted molar refractivity (Wildman–Crippen MR) is 62.4 cm³/mol. The second kappa shape index (κ2) is 5.49. The Morgan fingerprint density at radius 2 is 1.94 bits per heavy atom. The number of carbonyl (C=O) groups is 2. The Hall–Kier alpha value is -1.10. The maximum Gasteiger partial charge on any atom is 0.323 e. The SMILES string of the molecule is CC(=O)N1CCC(OC(=O)C2CCCN2)CC1. The third-order valence-corrected chi connectivity index (χ3v) is 3.51. The molecule has 2 fully saturated rings. The molecule has 0 saturated carbocycles. The molecule has 1 atom stereocenters. The van der Waals surface area contributed by atoms with Crippen LogP contribution in [0.4, 0.5) is 0 Å². The zero-order valence-electron chi connectivity index (χ0n) is 10.3. The van der Waals surface area contributed by atoms with E-state index in [1.165, 1.54) is 0 Å². The summed E-state index contributed by atoms with van der Waals surface area (Å²) in [6, 6.07) is -0.110. The smallest absolute Gasteiger partial charge is 0.323 e. The van der Waals surface area contributed by atoms with Gasteiger partial charge in [-0.3, -0.25) is 9.59 Å². The fraction of sp³-hybridized carbons (Fsp3) is 0.833. The zero-order chi connectivity index (χ0) is 12.3. The van der Waals surface area contributed by atoms with E-state index in [1.54, 1.807) is 11.8 Å². The van der Waals surface area contributed by atoms with Crippen LogP contribution in [0.1, 0.15) is 32.6 Å². The molecule has 1 unspecified atom stereocenters. The van der Waals surface area contributed by atoms with Gasteiger partial charge < -0.3 is 15.0 Å². The van der Waals surface area contributed by atoms with Gasteiger partial charge in [-0.2, -0.15) is 0 Å². The molecule has 0 bridgehead atoms.